The summed E-state index contributed by atoms with van der Waals surface area (Å²) in [5.41, 5.74) is 1.60. The van der Waals surface area contributed by atoms with Crippen molar-refractivity contribution in [1.82, 2.24) is 19.4 Å². The number of imidazole rings is 1. The number of hydrogen-bond acceptors (Lipinski definition) is 3. The van der Waals surface area contributed by atoms with Crippen molar-refractivity contribution < 1.29 is 13.6 Å². The fraction of sp³-hybridized carbons (Fsp3) is 0.0870. The molecule has 0 bridgehead atoms. The van der Waals surface area contributed by atoms with Gasteiger partial charge in [-0.05, 0) is 54.1 Å². The number of nitrogens with zero attached hydrogens (tertiary/aromatic N) is 4. The highest BCUT2D eigenvalue weighted by molar-refractivity contribution is 6.33. The Labute approximate surface area is 182 Å². The Morgan fingerprint density at radius 1 is 1.06 bits per heavy atom. The minimum Gasteiger partial charge on any atom is -0.336 e. The molecule has 4 rings (SSSR count). The second-order valence-corrected chi connectivity index (χ2v) is 7.30. The van der Waals surface area contributed by atoms with Gasteiger partial charge in [-0.25, -0.2) is 13.8 Å². The summed E-state index contributed by atoms with van der Waals surface area (Å²) >= 11 is 6.25. The van der Waals surface area contributed by atoms with Gasteiger partial charge in [0.1, 0.15) is 23.2 Å². The molecule has 2 aromatic heterocycles. The van der Waals surface area contributed by atoms with Crippen LogP contribution < -0.4 is 0 Å². The van der Waals surface area contributed by atoms with E-state index in [1.54, 1.807) is 25.5 Å². The number of aromatic nitrogens is 3. The normalized spacial score (nSPS) is 10.8. The molecule has 0 saturated heterocycles. The fourth-order valence-electron chi connectivity index (χ4n) is 3.27. The Morgan fingerprint density at radius 3 is 2.45 bits per heavy atom. The van der Waals surface area contributed by atoms with Gasteiger partial charge in [-0.1, -0.05) is 17.7 Å². The first-order valence-corrected chi connectivity index (χ1v) is 9.76. The molecule has 0 radical (unpaired) electrons. The topological polar surface area (TPSA) is 51.0 Å². The van der Waals surface area contributed by atoms with Crippen LogP contribution in [0.2, 0.25) is 5.02 Å². The van der Waals surface area contributed by atoms with Crippen LogP contribution in [-0.4, -0.2) is 32.4 Å². The van der Waals surface area contributed by atoms with Gasteiger partial charge in [0, 0.05) is 31.7 Å². The smallest absolute Gasteiger partial charge is 0.272 e. The van der Waals surface area contributed by atoms with Crippen LogP contribution in [0.3, 0.4) is 0 Å². The van der Waals surface area contributed by atoms with Crippen LogP contribution >= 0.6 is 11.6 Å². The van der Waals surface area contributed by atoms with Crippen molar-refractivity contribution in [2.45, 2.75) is 6.54 Å². The van der Waals surface area contributed by atoms with Crippen LogP contribution in [-0.2, 0) is 6.54 Å². The highest BCUT2D eigenvalue weighted by Gasteiger charge is 2.24. The van der Waals surface area contributed by atoms with Gasteiger partial charge in [-0.3, -0.25) is 14.3 Å². The van der Waals surface area contributed by atoms with E-state index in [9.17, 15) is 13.6 Å². The fourth-order valence-corrected chi connectivity index (χ4v) is 3.52. The van der Waals surface area contributed by atoms with E-state index in [0.29, 0.717) is 12.2 Å². The Balaban J connectivity index is 1.82. The summed E-state index contributed by atoms with van der Waals surface area (Å²) < 4.78 is 29.7. The van der Waals surface area contributed by atoms with Crippen molar-refractivity contribution in [3.05, 3.63) is 101 Å². The van der Waals surface area contributed by atoms with E-state index in [0.717, 1.165) is 5.56 Å². The minimum atomic E-state index is -0.578. The zero-order valence-electron chi connectivity index (χ0n) is 16.5. The molecule has 156 valence electrons. The second kappa shape index (κ2) is 8.65. The number of hydrogen-bond donors (Lipinski definition) is 0. The van der Waals surface area contributed by atoms with Crippen LogP contribution in [0.1, 0.15) is 16.1 Å². The molecule has 1 amide bonds. The standard InChI is InChI=1S/C23H17ClF2N4O/c1-29(14-15-9-11-27-12-10-15)23(31)20-13-28-22(21-18(24)3-2-4-19(21)26)30(20)17-7-5-16(25)6-8-17/h2-13H,14H2,1H3. The third-order valence-electron chi connectivity index (χ3n) is 4.77. The van der Waals surface area contributed by atoms with Crippen molar-refractivity contribution >= 4 is 17.5 Å². The average molecular weight is 439 g/mol. The molecule has 0 spiro atoms. The van der Waals surface area contributed by atoms with Crippen molar-refractivity contribution in [2.24, 2.45) is 0 Å². The maximum Gasteiger partial charge on any atom is 0.272 e. The molecule has 5 nitrogen and oxygen atoms in total. The minimum absolute atomic E-state index is 0.0596. The van der Waals surface area contributed by atoms with E-state index in [-0.39, 0.29) is 28.0 Å². The van der Waals surface area contributed by atoms with Crippen LogP contribution in [0.4, 0.5) is 8.78 Å². The van der Waals surface area contributed by atoms with E-state index in [1.165, 1.54) is 52.1 Å². The Morgan fingerprint density at radius 2 is 1.77 bits per heavy atom. The lowest BCUT2D eigenvalue weighted by Gasteiger charge is -2.19. The molecular formula is C23H17ClF2N4O. The molecule has 2 heterocycles. The first kappa shape index (κ1) is 20.7. The predicted molar refractivity (Wildman–Crippen MR) is 114 cm³/mol. The SMILES string of the molecule is CN(Cc1ccncc1)C(=O)c1cnc(-c2c(F)cccc2Cl)n1-c1ccc(F)cc1. The van der Waals surface area contributed by atoms with Gasteiger partial charge in [0.15, 0.2) is 0 Å². The molecule has 0 aliphatic carbocycles. The van der Waals surface area contributed by atoms with E-state index >= 15 is 0 Å². The first-order chi connectivity index (χ1) is 15.0. The van der Waals surface area contributed by atoms with Crippen molar-refractivity contribution in [1.29, 1.82) is 0 Å². The third kappa shape index (κ3) is 4.18. The van der Waals surface area contributed by atoms with Crippen LogP contribution in [0, 0.1) is 11.6 Å². The number of amides is 1. The third-order valence-corrected chi connectivity index (χ3v) is 5.08. The molecule has 0 saturated carbocycles. The monoisotopic (exact) mass is 438 g/mol. The van der Waals surface area contributed by atoms with Gasteiger partial charge < -0.3 is 4.90 Å². The van der Waals surface area contributed by atoms with E-state index in [4.69, 9.17) is 11.6 Å². The number of carbonyl (C=O) groups is 1. The van der Waals surface area contributed by atoms with Crippen molar-refractivity contribution in [3.8, 4) is 17.1 Å². The van der Waals surface area contributed by atoms with Gasteiger partial charge in [0.25, 0.3) is 5.91 Å². The molecule has 31 heavy (non-hydrogen) atoms. The van der Waals surface area contributed by atoms with Crippen molar-refractivity contribution in [2.75, 3.05) is 7.05 Å². The van der Waals surface area contributed by atoms with Gasteiger partial charge in [0.2, 0.25) is 0 Å². The highest BCUT2D eigenvalue weighted by Crippen LogP contribution is 2.32. The maximum atomic E-state index is 14.7. The Kier molecular flexibility index (Phi) is 5.77. The average Bonchev–Trinajstić information content (AvgIpc) is 3.19. The highest BCUT2D eigenvalue weighted by atomic mass is 35.5. The van der Waals surface area contributed by atoms with Crippen molar-refractivity contribution in [3.63, 3.8) is 0 Å². The zero-order chi connectivity index (χ0) is 22.0. The van der Waals surface area contributed by atoms with Crippen LogP contribution in [0.5, 0.6) is 0 Å². The number of rotatable bonds is 5. The summed E-state index contributed by atoms with van der Waals surface area (Å²) in [5, 5.41) is 0.151. The molecule has 0 aliphatic heterocycles. The quantitative estimate of drug-likeness (QED) is 0.433. The molecule has 0 N–H and O–H groups in total. The lowest BCUT2D eigenvalue weighted by atomic mass is 10.2. The van der Waals surface area contributed by atoms with Gasteiger partial charge in [-0.2, -0.15) is 0 Å². The van der Waals surface area contributed by atoms with Crippen LogP contribution in [0.15, 0.2) is 73.2 Å². The summed E-state index contributed by atoms with van der Waals surface area (Å²) in [7, 11) is 1.65. The zero-order valence-corrected chi connectivity index (χ0v) is 17.2. The Hall–Kier alpha value is -3.58. The van der Waals surface area contributed by atoms with Gasteiger partial charge >= 0.3 is 0 Å². The molecule has 8 heteroatoms. The van der Waals surface area contributed by atoms with E-state index < -0.39 is 11.6 Å². The molecular weight excluding hydrogens is 422 g/mol. The first-order valence-electron chi connectivity index (χ1n) is 9.38. The number of halogens is 3. The lowest BCUT2D eigenvalue weighted by molar-refractivity contribution is 0.0777. The molecule has 0 aliphatic rings. The predicted octanol–water partition coefficient (Wildman–Crippen LogP) is 5.14. The van der Waals surface area contributed by atoms with Gasteiger partial charge in [-0.15, -0.1) is 0 Å². The van der Waals surface area contributed by atoms with Gasteiger partial charge in [0.05, 0.1) is 16.8 Å². The second-order valence-electron chi connectivity index (χ2n) is 6.89. The molecule has 0 fully saturated rings. The Bertz CT molecular complexity index is 1210. The summed E-state index contributed by atoms with van der Waals surface area (Å²) in [6.45, 7) is 0.339. The maximum absolute atomic E-state index is 14.7. The van der Waals surface area contributed by atoms with E-state index in [1.807, 2.05) is 12.1 Å². The number of carbonyl (C=O) groups excluding carboxylic acids is 1. The summed E-state index contributed by atoms with van der Waals surface area (Å²) in [6.07, 6.45) is 4.66. The molecule has 2 aromatic carbocycles. The summed E-state index contributed by atoms with van der Waals surface area (Å²) in [4.78, 5) is 23.1. The largest absolute Gasteiger partial charge is 0.336 e. The summed E-state index contributed by atoms with van der Waals surface area (Å²) in [6, 6.07) is 13.4. The molecule has 4 aromatic rings. The summed E-state index contributed by atoms with van der Waals surface area (Å²) in [5.74, 6) is -1.20. The number of benzene rings is 2. The van der Waals surface area contributed by atoms with E-state index in [2.05, 4.69) is 9.97 Å². The lowest BCUT2D eigenvalue weighted by Crippen LogP contribution is -2.28. The number of pyridine rings is 1. The molecule has 0 unspecified atom stereocenters. The molecule has 0 atom stereocenters. The van der Waals surface area contributed by atoms with Crippen LogP contribution in [0.25, 0.3) is 17.1 Å².